The van der Waals surface area contributed by atoms with Crippen molar-refractivity contribution >= 4 is 15.9 Å². The Labute approximate surface area is 116 Å². The number of Topliss-reactive ketones (excluding diaryl/α,β-unsaturated/α-hetero) is 1. The average Bonchev–Trinajstić information content (AvgIpc) is 2.24. The molecule has 0 heterocycles. The maximum absolute atomic E-state index is 13.3. The molecule has 0 aromatic carbocycles. The summed E-state index contributed by atoms with van der Waals surface area (Å²) < 4.78 is 58.4. The zero-order valence-corrected chi connectivity index (χ0v) is 11.8. The molecule has 7 heteroatoms. The van der Waals surface area contributed by atoms with Crippen LogP contribution in [-0.2, 0) is 14.9 Å². The second-order valence-electron chi connectivity index (χ2n) is 6.89. The molecule has 4 nitrogen and oxygen atoms in total. The molecule has 0 aliphatic heterocycles. The van der Waals surface area contributed by atoms with Gasteiger partial charge >= 0.3 is 5.25 Å². The molecule has 0 unspecified atom stereocenters. The standard InChI is InChI=1S/C13H18F2O4S/c14-13(15,20(17,18)19)7-11(16)12-4-8-1-9(5-12)3-10(2-8)6-12/h8-10H,1-7H2,(H,17,18,19)/p-1. The SMILES string of the molecule is O=C(CC(F)(F)S(=O)(=O)[O-])C12CC3CC(CC(C3)C1)C2. The predicted octanol–water partition coefficient (Wildman–Crippen LogP) is 2.30. The molecule has 0 aromatic heterocycles. The molecule has 0 amide bonds. The number of carbonyl (C=O) groups excluding carboxylic acids is 1. The van der Waals surface area contributed by atoms with E-state index in [-0.39, 0.29) is 0 Å². The van der Waals surface area contributed by atoms with Gasteiger partial charge in [0.2, 0.25) is 0 Å². The molecule has 0 aromatic rings. The van der Waals surface area contributed by atoms with E-state index in [0.29, 0.717) is 37.0 Å². The van der Waals surface area contributed by atoms with Crippen LogP contribution in [-0.4, -0.2) is 24.0 Å². The first kappa shape index (κ1) is 14.4. The summed E-state index contributed by atoms with van der Waals surface area (Å²) in [4.78, 5) is 12.3. The number of hydrogen-bond donors (Lipinski definition) is 0. The summed E-state index contributed by atoms with van der Waals surface area (Å²) in [6.07, 6.45) is 3.49. The van der Waals surface area contributed by atoms with Crippen LogP contribution in [0, 0.1) is 23.2 Å². The van der Waals surface area contributed by atoms with Gasteiger partial charge in [-0.05, 0) is 56.3 Å². The van der Waals surface area contributed by atoms with Crippen LogP contribution in [0.2, 0.25) is 0 Å². The largest absolute Gasteiger partial charge is 0.743 e. The summed E-state index contributed by atoms with van der Waals surface area (Å²) in [5.41, 5.74) is -0.789. The summed E-state index contributed by atoms with van der Waals surface area (Å²) in [6, 6.07) is 0. The van der Waals surface area contributed by atoms with Gasteiger partial charge in [-0.3, -0.25) is 4.79 Å². The van der Waals surface area contributed by atoms with Gasteiger partial charge in [0.05, 0.1) is 6.42 Å². The molecular formula is C13H17F2O4S-. The van der Waals surface area contributed by atoms with Gasteiger partial charge in [0, 0.05) is 5.41 Å². The Hall–Kier alpha value is -0.560. The van der Waals surface area contributed by atoms with Crippen LogP contribution in [0.25, 0.3) is 0 Å². The highest BCUT2D eigenvalue weighted by atomic mass is 32.2. The molecular weight excluding hydrogens is 290 g/mol. The number of alkyl halides is 2. The van der Waals surface area contributed by atoms with E-state index in [1.54, 1.807) is 0 Å². The fourth-order valence-electron chi connectivity index (χ4n) is 4.91. The monoisotopic (exact) mass is 307 g/mol. The van der Waals surface area contributed by atoms with Crippen LogP contribution in [0.3, 0.4) is 0 Å². The fourth-order valence-corrected chi connectivity index (χ4v) is 5.22. The average molecular weight is 307 g/mol. The lowest BCUT2D eigenvalue weighted by atomic mass is 9.48. The van der Waals surface area contributed by atoms with Crippen LogP contribution in [0.1, 0.15) is 44.9 Å². The van der Waals surface area contributed by atoms with Crippen molar-refractivity contribution in [3.63, 3.8) is 0 Å². The summed E-state index contributed by atoms with van der Waals surface area (Å²) in [6.45, 7) is 0. The highest BCUT2D eigenvalue weighted by molar-refractivity contribution is 7.86. The molecule has 0 atom stereocenters. The van der Waals surface area contributed by atoms with E-state index in [0.717, 1.165) is 19.3 Å². The Morgan fingerprint density at radius 1 is 1.10 bits per heavy atom. The third-order valence-corrected chi connectivity index (χ3v) is 6.24. The van der Waals surface area contributed by atoms with Crippen molar-refractivity contribution in [2.75, 3.05) is 0 Å². The highest BCUT2D eigenvalue weighted by Gasteiger charge is 2.56. The van der Waals surface area contributed by atoms with Crippen molar-refractivity contribution in [2.24, 2.45) is 23.2 Å². The Kier molecular flexibility index (Phi) is 3.04. The van der Waals surface area contributed by atoms with Gasteiger partial charge in [0.1, 0.15) is 5.78 Å². The minimum absolute atomic E-state index is 0.405. The van der Waals surface area contributed by atoms with E-state index >= 15 is 0 Å². The van der Waals surface area contributed by atoms with Gasteiger partial charge in [0.25, 0.3) is 0 Å². The predicted molar refractivity (Wildman–Crippen MR) is 64.9 cm³/mol. The van der Waals surface area contributed by atoms with E-state index in [4.69, 9.17) is 0 Å². The van der Waals surface area contributed by atoms with E-state index in [9.17, 15) is 26.5 Å². The molecule has 0 spiro atoms. The Bertz CT molecular complexity index is 505. The van der Waals surface area contributed by atoms with E-state index in [1.807, 2.05) is 0 Å². The Morgan fingerprint density at radius 2 is 1.50 bits per heavy atom. The number of halogens is 2. The summed E-state index contributed by atoms with van der Waals surface area (Å²) in [7, 11) is -5.77. The van der Waals surface area contributed by atoms with Crippen molar-refractivity contribution in [1.82, 2.24) is 0 Å². The summed E-state index contributed by atoms with van der Waals surface area (Å²) >= 11 is 0. The minimum atomic E-state index is -5.77. The van der Waals surface area contributed by atoms with Crippen LogP contribution < -0.4 is 0 Å². The smallest absolute Gasteiger partial charge is 0.341 e. The maximum atomic E-state index is 13.3. The third kappa shape index (κ3) is 2.19. The van der Waals surface area contributed by atoms with Crippen molar-refractivity contribution < 1.29 is 26.5 Å². The molecule has 0 radical (unpaired) electrons. The fraction of sp³-hybridized carbons (Fsp3) is 0.923. The number of rotatable bonds is 4. The number of ketones is 1. The molecule has 0 saturated heterocycles. The lowest BCUT2D eigenvalue weighted by molar-refractivity contribution is -0.147. The molecule has 4 fully saturated rings. The zero-order valence-electron chi connectivity index (χ0n) is 11.0. The first-order valence-electron chi connectivity index (χ1n) is 6.98. The number of hydrogen-bond acceptors (Lipinski definition) is 4. The van der Waals surface area contributed by atoms with Crippen molar-refractivity contribution in [2.45, 2.75) is 50.2 Å². The maximum Gasteiger partial charge on any atom is 0.341 e. The molecule has 4 aliphatic rings. The Morgan fingerprint density at radius 3 is 1.85 bits per heavy atom. The first-order chi connectivity index (χ1) is 9.11. The zero-order chi connectivity index (χ0) is 14.8. The van der Waals surface area contributed by atoms with Crippen LogP contribution >= 0.6 is 0 Å². The molecule has 20 heavy (non-hydrogen) atoms. The van der Waals surface area contributed by atoms with Crippen LogP contribution in [0.15, 0.2) is 0 Å². The molecule has 114 valence electrons. The van der Waals surface area contributed by atoms with Gasteiger partial charge in [-0.2, -0.15) is 8.78 Å². The van der Waals surface area contributed by atoms with Crippen molar-refractivity contribution in [3.05, 3.63) is 0 Å². The van der Waals surface area contributed by atoms with Gasteiger partial charge in [-0.15, -0.1) is 0 Å². The quantitative estimate of drug-likeness (QED) is 0.747. The highest BCUT2D eigenvalue weighted by Crippen LogP contribution is 2.61. The molecule has 4 saturated carbocycles. The van der Waals surface area contributed by atoms with Crippen LogP contribution in [0.5, 0.6) is 0 Å². The van der Waals surface area contributed by atoms with Crippen molar-refractivity contribution in [1.29, 1.82) is 0 Å². The molecule has 4 aliphatic carbocycles. The lowest BCUT2D eigenvalue weighted by Gasteiger charge is -2.56. The summed E-state index contributed by atoms with van der Waals surface area (Å²) in [5, 5.41) is -4.48. The van der Waals surface area contributed by atoms with Gasteiger partial charge in [-0.1, -0.05) is 0 Å². The van der Waals surface area contributed by atoms with E-state index in [2.05, 4.69) is 0 Å². The second-order valence-corrected chi connectivity index (χ2v) is 8.39. The molecule has 0 N–H and O–H groups in total. The topological polar surface area (TPSA) is 74.3 Å². The van der Waals surface area contributed by atoms with Crippen molar-refractivity contribution in [3.8, 4) is 0 Å². The normalized spacial score (nSPS) is 40.0. The van der Waals surface area contributed by atoms with Gasteiger partial charge < -0.3 is 4.55 Å². The lowest BCUT2D eigenvalue weighted by Crippen LogP contribution is -2.51. The van der Waals surface area contributed by atoms with E-state index in [1.165, 1.54) is 0 Å². The second kappa shape index (κ2) is 4.22. The van der Waals surface area contributed by atoms with Gasteiger partial charge in [-0.25, -0.2) is 8.42 Å². The van der Waals surface area contributed by atoms with Crippen LogP contribution in [0.4, 0.5) is 8.78 Å². The Balaban J connectivity index is 1.81. The minimum Gasteiger partial charge on any atom is -0.743 e. The molecule has 4 bridgehead atoms. The molecule has 4 rings (SSSR count). The first-order valence-corrected chi connectivity index (χ1v) is 8.39. The third-order valence-electron chi connectivity index (χ3n) is 5.36. The summed E-state index contributed by atoms with van der Waals surface area (Å²) in [5.74, 6) is 0.495. The van der Waals surface area contributed by atoms with E-state index < -0.39 is 33.0 Å². The number of carbonyl (C=O) groups is 1. The van der Waals surface area contributed by atoms with Gasteiger partial charge in [0.15, 0.2) is 10.1 Å².